The largest absolute Gasteiger partial charge is 0.493 e. The Balaban J connectivity index is 1.72. The smallest absolute Gasteiger partial charge is 0.159 e. The van der Waals surface area contributed by atoms with Crippen LogP contribution in [0.25, 0.3) is 0 Å². The van der Waals surface area contributed by atoms with Crippen molar-refractivity contribution in [2.24, 2.45) is 0 Å². The van der Waals surface area contributed by atoms with Crippen molar-refractivity contribution in [3.8, 4) is 11.5 Å². The van der Waals surface area contributed by atoms with Gasteiger partial charge in [0, 0.05) is 12.0 Å². The van der Waals surface area contributed by atoms with Gasteiger partial charge in [-0.05, 0) is 43.7 Å². The molecule has 0 bridgehead atoms. The molecule has 0 amide bonds. The van der Waals surface area contributed by atoms with E-state index in [0.717, 1.165) is 17.9 Å². The number of hydrogen-bond donors (Lipinski definition) is 0. The predicted molar refractivity (Wildman–Crippen MR) is 83.2 cm³/mol. The van der Waals surface area contributed by atoms with Gasteiger partial charge in [0.15, 0.2) is 5.78 Å². The third-order valence-corrected chi connectivity index (χ3v) is 3.06. The highest BCUT2D eigenvalue weighted by atomic mass is 16.5. The van der Waals surface area contributed by atoms with Crippen molar-refractivity contribution in [1.29, 1.82) is 0 Å². The molecule has 0 atom stereocenters. The molecule has 0 saturated carbocycles. The monoisotopic (exact) mass is 284 g/mol. The van der Waals surface area contributed by atoms with Gasteiger partial charge in [0.05, 0.1) is 13.2 Å². The van der Waals surface area contributed by atoms with Gasteiger partial charge in [-0.25, -0.2) is 0 Å². The maximum atomic E-state index is 11.3. The zero-order valence-electron chi connectivity index (χ0n) is 12.5. The molecule has 0 aliphatic heterocycles. The van der Waals surface area contributed by atoms with E-state index in [4.69, 9.17) is 9.47 Å². The van der Waals surface area contributed by atoms with Gasteiger partial charge in [-0.3, -0.25) is 4.79 Å². The first kappa shape index (κ1) is 15.1. The molecule has 21 heavy (non-hydrogen) atoms. The van der Waals surface area contributed by atoms with Crippen molar-refractivity contribution in [2.45, 2.75) is 20.3 Å². The second-order valence-electron chi connectivity index (χ2n) is 4.95. The van der Waals surface area contributed by atoms with E-state index in [-0.39, 0.29) is 5.78 Å². The highest BCUT2D eigenvalue weighted by Crippen LogP contribution is 2.15. The SMILES string of the molecule is CC(=O)c1cccc(OCCCOc2cccc(C)c2)c1. The molecule has 0 heterocycles. The van der Waals surface area contributed by atoms with Crippen molar-refractivity contribution in [1.82, 2.24) is 0 Å². The summed E-state index contributed by atoms with van der Waals surface area (Å²) in [5, 5.41) is 0. The Morgan fingerprint density at radius 2 is 1.57 bits per heavy atom. The second-order valence-corrected chi connectivity index (χ2v) is 4.95. The van der Waals surface area contributed by atoms with Gasteiger partial charge in [0.2, 0.25) is 0 Å². The average molecular weight is 284 g/mol. The molecule has 3 nitrogen and oxygen atoms in total. The fourth-order valence-electron chi connectivity index (χ4n) is 1.95. The Morgan fingerprint density at radius 1 is 0.952 bits per heavy atom. The van der Waals surface area contributed by atoms with Crippen LogP contribution in [0.5, 0.6) is 11.5 Å². The van der Waals surface area contributed by atoms with E-state index in [9.17, 15) is 4.79 Å². The maximum absolute atomic E-state index is 11.3. The van der Waals surface area contributed by atoms with E-state index in [1.807, 2.05) is 43.3 Å². The lowest BCUT2D eigenvalue weighted by molar-refractivity contribution is 0.101. The van der Waals surface area contributed by atoms with Crippen LogP contribution in [-0.2, 0) is 0 Å². The summed E-state index contributed by atoms with van der Waals surface area (Å²) < 4.78 is 11.3. The molecule has 0 aliphatic carbocycles. The summed E-state index contributed by atoms with van der Waals surface area (Å²) >= 11 is 0. The summed E-state index contributed by atoms with van der Waals surface area (Å²) in [6.07, 6.45) is 0.790. The van der Waals surface area contributed by atoms with E-state index >= 15 is 0 Å². The number of rotatable bonds is 7. The predicted octanol–water partition coefficient (Wildman–Crippen LogP) is 4.05. The molecular formula is C18H20O3. The van der Waals surface area contributed by atoms with Gasteiger partial charge < -0.3 is 9.47 Å². The summed E-state index contributed by atoms with van der Waals surface area (Å²) in [4.78, 5) is 11.3. The molecule has 2 aromatic carbocycles. The van der Waals surface area contributed by atoms with E-state index < -0.39 is 0 Å². The molecule has 0 aromatic heterocycles. The zero-order valence-corrected chi connectivity index (χ0v) is 12.5. The molecule has 0 unspecified atom stereocenters. The van der Waals surface area contributed by atoms with Crippen LogP contribution in [0.1, 0.15) is 29.3 Å². The lowest BCUT2D eigenvalue weighted by Crippen LogP contribution is -2.05. The van der Waals surface area contributed by atoms with Gasteiger partial charge in [0.1, 0.15) is 11.5 Å². The van der Waals surface area contributed by atoms with E-state index in [1.165, 1.54) is 5.56 Å². The number of Topliss-reactive ketones (excluding diaryl/α,β-unsaturated/α-hetero) is 1. The lowest BCUT2D eigenvalue weighted by Gasteiger charge is -2.09. The minimum absolute atomic E-state index is 0.0447. The van der Waals surface area contributed by atoms with Gasteiger partial charge in [-0.1, -0.05) is 24.3 Å². The van der Waals surface area contributed by atoms with E-state index in [0.29, 0.717) is 18.8 Å². The molecule has 0 fully saturated rings. The molecule has 2 rings (SSSR count). The summed E-state index contributed by atoms with van der Waals surface area (Å²) in [5.74, 6) is 1.65. The van der Waals surface area contributed by atoms with Crippen LogP contribution in [-0.4, -0.2) is 19.0 Å². The summed E-state index contributed by atoms with van der Waals surface area (Å²) in [7, 11) is 0. The van der Waals surface area contributed by atoms with Crippen LogP contribution in [0.4, 0.5) is 0 Å². The number of benzene rings is 2. The topological polar surface area (TPSA) is 35.5 Å². The van der Waals surface area contributed by atoms with E-state index in [2.05, 4.69) is 0 Å². The van der Waals surface area contributed by atoms with Crippen molar-refractivity contribution >= 4 is 5.78 Å². The third kappa shape index (κ3) is 4.95. The van der Waals surface area contributed by atoms with Crippen molar-refractivity contribution in [2.75, 3.05) is 13.2 Å². The fourth-order valence-corrected chi connectivity index (χ4v) is 1.95. The molecule has 0 radical (unpaired) electrons. The molecule has 2 aromatic rings. The first-order chi connectivity index (χ1) is 10.1. The van der Waals surface area contributed by atoms with Crippen molar-refractivity contribution in [3.05, 3.63) is 59.7 Å². The quantitative estimate of drug-likeness (QED) is 0.568. The molecular weight excluding hydrogens is 264 g/mol. The fraction of sp³-hybridized carbons (Fsp3) is 0.278. The number of carbonyl (C=O) groups is 1. The Labute approximate surface area is 125 Å². The highest BCUT2D eigenvalue weighted by molar-refractivity contribution is 5.94. The third-order valence-electron chi connectivity index (χ3n) is 3.06. The minimum Gasteiger partial charge on any atom is -0.493 e. The van der Waals surface area contributed by atoms with Gasteiger partial charge in [-0.15, -0.1) is 0 Å². The Bertz CT molecular complexity index is 605. The molecule has 3 heteroatoms. The standard InChI is InChI=1S/C18H20O3/c1-14-6-3-8-17(12-14)20-10-5-11-21-18-9-4-7-16(13-18)15(2)19/h3-4,6-9,12-13H,5,10-11H2,1-2H3. The Morgan fingerprint density at radius 3 is 2.19 bits per heavy atom. The average Bonchev–Trinajstić information content (AvgIpc) is 2.47. The molecule has 0 saturated heterocycles. The number of hydrogen-bond acceptors (Lipinski definition) is 3. The first-order valence-electron chi connectivity index (χ1n) is 7.08. The van der Waals surface area contributed by atoms with Crippen LogP contribution in [0.2, 0.25) is 0 Å². The zero-order chi connectivity index (χ0) is 15.1. The molecule has 0 spiro atoms. The maximum Gasteiger partial charge on any atom is 0.159 e. The summed E-state index contributed by atoms with van der Waals surface area (Å²) in [6, 6.07) is 15.2. The number of carbonyl (C=O) groups excluding carboxylic acids is 1. The highest BCUT2D eigenvalue weighted by Gasteiger charge is 2.01. The molecule has 0 aliphatic rings. The van der Waals surface area contributed by atoms with Gasteiger partial charge >= 0.3 is 0 Å². The Hall–Kier alpha value is -2.29. The van der Waals surface area contributed by atoms with Gasteiger partial charge in [0.25, 0.3) is 0 Å². The normalized spacial score (nSPS) is 10.2. The number of ether oxygens (including phenoxy) is 2. The number of aryl methyl sites for hydroxylation is 1. The number of ketones is 1. The lowest BCUT2D eigenvalue weighted by atomic mass is 10.1. The van der Waals surface area contributed by atoms with Crippen LogP contribution in [0.3, 0.4) is 0 Å². The van der Waals surface area contributed by atoms with Crippen LogP contribution < -0.4 is 9.47 Å². The van der Waals surface area contributed by atoms with Crippen LogP contribution >= 0.6 is 0 Å². The second kappa shape index (κ2) is 7.48. The summed E-state index contributed by atoms with van der Waals surface area (Å²) in [5.41, 5.74) is 1.85. The summed E-state index contributed by atoms with van der Waals surface area (Å²) in [6.45, 7) is 4.76. The van der Waals surface area contributed by atoms with Crippen molar-refractivity contribution < 1.29 is 14.3 Å². The molecule has 0 N–H and O–H groups in total. The molecule has 110 valence electrons. The minimum atomic E-state index is 0.0447. The van der Waals surface area contributed by atoms with Crippen LogP contribution in [0.15, 0.2) is 48.5 Å². The van der Waals surface area contributed by atoms with Crippen molar-refractivity contribution in [3.63, 3.8) is 0 Å². The first-order valence-corrected chi connectivity index (χ1v) is 7.08. The van der Waals surface area contributed by atoms with Crippen LogP contribution in [0, 0.1) is 6.92 Å². The van der Waals surface area contributed by atoms with E-state index in [1.54, 1.807) is 19.1 Å². The van der Waals surface area contributed by atoms with Gasteiger partial charge in [-0.2, -0.15) is 0 Å². The Kier molecular flexibility index (Phi) is 5.38.